The highest BCUT2D eigenvalue weighted by atomic mass is 32.2. The number of nitrogens with one attached hydrogen (secondary N) is 2. The van der Waals surface area contributed by atoms with Crippen LogP contribution in [0.5, 0.6) is 5.75 Å². The average molecular weight is 304 g/mol. The Morgan fingerprint density at radius 2 is 1.76 bits per heavy atom. The number of phenolic OH excluding ortho intramolecular Hbond substituents is 1. The number of carbonyl (C=O) groups is 1. The average Bonchev–Trinajstić information content (AvgIpc) is 2.42. The highest BCUT2D eigenvalue weighted by molar-refractivity contribution is 7.84. The fourth-order valence-corrected chi connectivity index (χ4v) is 2.32. The lowest BCUT2D eigenvalue weighted by atomic mass is 10.2. The first-order chi connectivity index (χ1) is 9.95. The van der Waals surface area contributed by atoms with E-state index in [1.165, 1.54) is 6.07 Å². The Morgan fingerprint density at radius 3 is 2.33 bits per heavy atom. The Labute approximate surface area is 125 Å². The maximum atomic E-state index is 11.9. The smallest absolute Gasteiger partial charge is 0.323 e. The molecule has 110 valence electrons. The molecule has 0 radical (unpaired) electrons. The molecule has 0 aliphatic carbocycles. The van der Waals surface area contributed by atoms with Gasteiger partial charge in [-0.05, 0) is 55.0 Å². The molecule has 6 heteroatoms. The van der Waals surface area contributed by atoms with Crippen molar-refractivity contribution >= 4 is 28.2 Å². The molecule has 0 fully saturated rings. The maximum absolute atomic E-state index is 11.9. The lowest BCUT2D eigenvalue weighted by Gasteiger charge is -2.10. The van der Waals surface area contributed by atoms with E-state index in [-0.39, 0.29) is 11.8 Å². The van der Waals surface area contributed by atoms with Crippen LogP contribution < -0.4 is 10.6 Å². The molecule has 0 aliphatic heterocycles. The summed E-state index contributed by atoms with van der Waals surface area (Å²) in [5.41, 5.74) is 2.00. The molecular weight excluding hydrogens is 288 g/mol. The third-order valence-corrected chi connectivity index (χ3v) is 3.84. The number of phenols is 1. The normalized spacial score (nSPS) is 11.7. The van der Waals surface area contributed by atoms with Crippen molar-refractivity contribution in [1.29, 1.82) is 0 Å². The molecule has 0 bridgehead atoms. The van der Waals surface area contributed by atoms with Crippen molar-refractivity contribution < 1.29 is 14.1 Å². The second kappa shape index (κ2) is 6.41. The number of aromatic hydroxyl groups is 1. The molecule has 0 unspecified atom stereocenters. The number of aryl methyl sites for hydroxylation is 1. The van der Waals surface area contributed by atoms with Gasteiger partial charge in [0.2, 0.25) is 0 Å². The summed E-state index contributed by atoms with van der Waals surface area (Å²) in [5.74, 6) is 0.154. The Balaban J connectivity index is 2.02. The van der Waals surface area contributed by atoms with Gasteiger partial charge in [0.15, 0.2) is 0 Å². The summed E-state index contributed by atoms with van der Waals surface area (Å²) in [7, 11) is -1.04. The van der Waals surface area contributed by atoms with Crippen LogP contribution in [0.3, 0.4) is 0 Å². The van der Waals surface area contributed by atoms with E-state index < -0.39 is 10.8 Å². The minimum absolute atomic E-state index is 0.154. The zero-order valence-electron chi connectivity index (χ0n) is 11.7. The fraction of sp³-hybridized carbons (Fsp3) is 0.133. The number of urea groups is 1. The number of amides is 2. The van der Waals surface area contributed by atoms with Crippen LogP contribution in [0.1, 0.15) is 5.56 Å². The van der Waals surface area contributed by atoms with Crippen LogP contribution in [-0.4, -0.2) is 21.6 Å². The lowest BCUT2D eigenvalue weighted by Crippen LogP contribution is -2.19. The lowest BCUT2D eigenvalue weighted by molar-refractivity contribution is 0.262. The molecular formula is C15H16N2O3S. The number of rotatable bonds is 3. The molecule has 0 saturated carbocycles. The molecule has 0 spiro atoms. The molecule has 0 aliphatic rings. The van der Waals surface area contributed by atoms with Crippen molar-refractivity contribution in [1.82, 2.24) is 0 Å². The van der Waals surface area contributed by atoms with Crippen LogP contribution in [0, 0.1) is 6.92 Å². The van der Waals surface area contributed by atoms with Crippen molar-refractivity contribution in [3.8, 4) is 5.75 Å². The van der Waals surface area contributed by atoms with Crippen LogP contribution in [0.15, 0.2) is 47.4 Å². The standard InChI is InChI=1S/C15H16N2O3S/c1-10-9-12(18)5-8-14(10)17-15(19)16-11-3-6-13(7-4-11)21(2)20/h3-9,18H,1-2H3,(H2,16,17,19)/t21-/m0/s1. The third-order valence-electron chi connectivity index (χ3n) is 2.90. The van der Waals surface area contributed by atoms with E-state index in [1.807, 2.05) is 0 Å². The minimum atomic E-state index is -1.04. The van der Waals surface area contributed by atoms with Gasteiger partial charge in [-0.3, -0.25) is 4.21 Å². The van der Waals surface area contributed by atoms with Gasteiger partial charge in [-0.1, -0.05) is 0 Å². The van der Waals surface area contributed by atoms with Crippen LogP contribution in [-0.2, 0) is 10.8 Å². The number of carbonyl (C=O) groups excluding carboxylic acids is 1. The molecule has 3 N–H and O–H groups in total. The molecule has 2 amide bonds. The van der Waals surface area contributed by atoms with E-state index in [2.05, 4.69) is 10.6 Å². The Kier molecular flexibility index (Phi) is 4.59. The Bertz CT molecular complexity index is 684. The highest BCUT2D eigenvalue weighted by Crippen LogP contribution is 2.20. The third kappa shape index (κ3) is 4.06. The Hall–Kier alpha value is -2.34. The molecule has 5 nitrogen and oxygen atoms in total. The van der Waals surface area contributed by atoms with Gasteiger partial charge in [0.25, 0.3) is 0 Å². The molecule has 0 aromatic heterocycles. The predicted octanol–water partition coefficient (Wildman–Crippen LogP) is 3.08. The molecule has 0 saturated heterocycles. The Morgan fingerprint density at radius 1 is 1.10 bits per heavy atom. The summed E-state index contributed by atoms with van der Waals surface area (Å²) < 4.78 is 11.3. The maximum Gasteiger partial charge on any atom is 0.323 e. The summed E-state index contributed by atoms with van der Waals surface area (Å²) in [6.07, 6.45) is 1.60. The van der Waals surface area contributed by atoms with Crippen molar-refractivity contribution in [2.45, 2.75) is 11.8 Å². The van der Waals surface area contributed by atoms with Gasteiger partial charge in [-0.2, -0.15) is 0 Å². The SMILES string of the molecule is Cc1cc(O)ccc1NC(=O)Nc1ccc([S@](C)=O)cc1. The van der Waals surface area contributed by atoms with Gasteiger partial charge in [0.05, 0.1) is 0 Å². The molecule has 2 aromatic carbocycles. The van der Waals surface area contributed by atoms with Gasteiger partial charge < -0.3 is 15.7 Å². The summed E-state index contributed by atoms with van der Waals surface area (Å²) >= 11 is 0. The van der Waals surface area contributed by atoms with E-state index in [4.69, 9.17) is 0 Å². The van der Waals surface area contributed by atoms with Gasteiger partial charge in [-0.15, -0.1) is 0 Å². The summed E-state index contributed by atoms with van der Waals surface area (Å²) in [6.45, 7) is 1.79. The van der Waals surface area contributed by atoms with E-state index in [1.54, 1.807) is 49.6 Å². The number of hydrogen-bond acceptors (Lipinski definition) is 3. The summed E-state index contributed by atoms with van der Waals surface area (Å²) in [4.78, 5) is 12.6. The van der Waals surface area contributed by atoms with E-state index in [0.717, 1.165) is 5.56 Å². The fourth-order valence-electron chi connectivity index (χ4n) is 1.80. The first-order valence-corrected chi connectivity index (χ1v) is 7.82. The van der Waals surface area contributed by atoms with Crippen LogP contribution in [0.25, 0.3) is 0 Å². The van der Waals surface area contributed by atoms with Crippen molar-refractivity contribution in [2.24, 2.45) is 0 Å². The second-order valence-electron chi connectivity index (χ2n) is 4.56. The van der Waals surface area contributed by atoms with Gasteiger partial charge in [-0.25, -0.2) is 4.79 Å². The quantitative estimate of drug-likeness (QED) is 0.762. The summed E-state index contributed by atoms with van der Waals surface area (Å²) in [6, 6.07) is 11.1. The number of benzene rings is 2. The monoisotopic (exact) mass is 304 g/mol. The zero-order chi connectivity index (χ0) is 15.4. The largest absolute Gasteiger partial charge is 0.508 e. The van der Waals surface area contributed by atoms with Gasteiger partial charge in [0.1, 0.15) is 5.75 Å². The van der Waals surface area contributed by atoms with Gasteiger partial charge >= 0.3 is 6.03 Å². The minimum Gasteiger partial charge on any atom is -0.508 e. The van der Waals surface area contributed by atoms with E-state index >= 15 is 0 Å². The second-order valence-corrected chi connectivity index (χ2v) is 5.94. The first-order valence-electron chi connectivity index (χ1n) is 6.27. The molecule has 2 aromatic rings. The number of hydrogen-bond donors (Lipinski definition) is 3. The van der Waals surface area contributed by atoms with Crippen LogP contribution in [0.2, 0.25) is 0 Å². The first kappa shape index (κ1) is 15.1. The van der Waals surface area contributed by atoms with Crippen LogP contribution >= 0.6 is 0 Å². The van der Waals surface area contributed by atoms with Crippen molar-refractivity contribution in [2.75, 3.05) is 16.9 Å². The van der Waals surface area contributed by atoms with E-state index in [9.17, 15) is 14.1 Å². The van der Waals surface area contributed by atoms with Crippen LogP contribution in [0.4, 0.5) is 16.2 Å². The molecule has 1 atom stereocenters. The number of anilines is 2. The molecule has 2 rings (SSSR count). The van der Waals surface area contributed by atoms with E-state index in [0.29, 0.717) is 16.3 Å². The van der Waals surface area contributed by atoms with Crippen molar-refractivity contribution in [3.63, 3.8) is 0 Å². The predicted molar refractivity (Wildman–Crippen MR) is 84.3 cm³/mol. The summed E-state index contributed by atoms with van der Waals surface area (Å²) in [5, 5.41) is 14.7. The molecule has 0 heterocycles. The van der Waals surface area contributed by atoms with Crippen molar-refractivity contribution in [3.05, 3.63) is 48.0 Å². The zero-order valence-corrected chi connectivity index (χ0v) is 12.5. The highest BCUT2D eigenvalue weighted by Gasteiger charge is 2.06. The van der Waals surface area contributed by atoms with Gasteiger partial charge in [0, 0.05) is 33.3 Å². The topological polar surface area (TPSA) is 78.4 Å². The molecule has 21 heavy (non-hydrogen) atoms.